The predicted molar refractivity (Wildman–Crippen MR) is 44.1 cm³/mol. The van der Waals surface area contributed by atoms with E-state index in [4.69, 9.17) is 10.5 Å². The zero-order chi connectivity index (χ0) is 9.78. The van der Waals surface area contributed by atoms with E-state index in [-0.39, 0.29) is 6.54 Å². The summed E-state index contributed by atoms with van der Waals surface area (Å²) in [6.07, 6.45) is 1.52. The molecule has 0 fully saturated rings. The number of carbonyl (C=O) groups excluding carboxylic acids is 2. The molecule has 4 heteroatoms. The van der Waals surface area contributed by atoms with Gasteiger partial charge in [0, 0.05) is 6.54 Å². The van der Waals surface area contributed by atoms with E-state index in [2.05, 4.69) is 0 Å². The summed E-state index contributed by atoms with van der Waals surface area (Å²) in [5, 5.41) is 0. The second kappa shape index (κ2) is 4.21. The van der Waals surface area contributed by atoms with Gasteiger partial charge < -0.3 is 10.5 Å². The number of esters is 1. The van der Waals surface area contributed by atoms with Crippen LogP contribution < -0.4 is 5.73 Å². The van der Waals surface area contributed by atoms with Gasteiger partial charge in [0.1, 0.15) is 11.5 Å². The Balaban J connectivity index is 4.11. The summed E-state index contributed by atoms with van der Waals surface area (Å²) >= 11 is 0. The van der Waals surface area contributed by atoms with Gasteiger partial charge in [-0.1, -0.05) is 0 Å². The first-order chi connectivity index (χ1) is 5.40. The summed E-state index contributed by atoms with van der Waals surface area (Å²) in [6, 6.07) is 0. The first kappa shape index (κ1) is 11.1. The molecule has 0 aromatic heterocycles. The van der Waals surface area contributed by atoms with Gasteiger partial charge in [-0.3, -0.25) is 9.59 Å². The SMILES string of the molecule is CC(C)(C)OC(=O)C([C]=O)CN. The monoisotopic (exact) mass is 172 g/mol. The molecule has 0 spiro atoms. The fourth-order valence-corrected chi connectivity index (χ4v) is 0.565. The maximum atomic E-state index is 11.1. The lowest BCUT2D eigenvalue weighted by Gasteiger charge is -2.20. The largest absolute Gasteiger partial charge is 0.459 e. The maximum Gasteiger partial charge on any atom is 0.318 e. The van der Waals surface area contributed by atoms with E-state index in [1.165, 1.54) is 6.29 Å². The molecule has 2 N–H and O–H groups in total. The number of ether oxygens (including phenoxy) is 1. The van der Waals surface area contributed by atoms with Crippen LogP contribution >= 0.6 is 0 Å². The summed E-state index contributed by atoms with van der Waals surface area (Å²) < 4.78 is 4.90. The third-order valence-corrected chi connectivity index (χ3v) is 1.07. The third kappa shape index (κ3) is 4.08. The van der Waals surface area contributed by atoms with Crippen molar-refractivity contribution >= 4 is 12.3 Å². The number of rotatable bonds is 3. The Kier molecular flexibility index (Phi) is 3.89. The summed E-state index contributed by atoms with van der Waals surface area (Å²) in [5.41, 5.74) is 4.56. The zero-order valence-electron chi connectivity index (χ0n) is 7.59. The fraction of sp³-hybridized carbons (Fsp3) is 0.750. The van der Waals surface area contributed by atoms with Gasteiger partial charge in [-0.15, -0.1) is 0 Å². The minimum absolute atomic E-state index is 0.0571. The van der Waals surface area contributed by atoms with Crippen LogP contribution in [0.1, 0.15) is 20.8 Å². The van der Waals surface area contributed by atoms with E-state index in [1.807, 2.05) is 0 Å². The first-order valence-electron chi connectivity index (χ1n) is 3.71. The van der Waals surface area contributed by atoms with Crippen LogP contribution in [0.5, 0.6) is 0 Å². The molecule has 1 unspecified atom stereocenters. The summed E-state index contributed by atoms with van der Waals surface area (Å²) in [6.45, 7) is 5.12. The Labute approximate surface area is 72.1 Å². The molecule has 1 atom stereocenters. The van der Waals surface area contributed by atoms with E-state index >= 15 is 0 Å². The Morgan fingerprint density at radius 2 is 2.08 bits per heavy atom. The Bertz CT molecular complexity index is 172. The van der Waals surface area contributed by atoms with E-state index in [0.29, 0.717) is 0 Å². The summed E-state index contributed by atoms with van der Waals surface area (Å²) in [5.74, 6) is -1.57. The highest BCUT2D eigenvalue weighted by Crippen LogP contribution is 2.09. The van der Waals surface area contributed by atoms with Crippen molar-refractivity contribution in [3.05, 3.63) is 0 Å². The topological polar surface area (TPSA) is 69.4 Å². The van der Waals surface area contributed by atoms with Crippen LogP contribution in [0.4, 0.5) is 0 Å². The number of hydrogen-bond acceptors (Lipinski definition) is 4. The number of hydrogen-bond donors (Lipinski definition) is 1. The van der Waals surface area contributed by atoms with Crippen molar-refractivity contribution in [3.63, 3.8) is 0 Å². The molecule has 69 valence electrons. The standard InChI is InChI=1S/C8H14NO3/c1-8(2,3)12-7(11)6(4-9)5-10/h6H,4,9H2,1-3H3. The second-order valence-corrected chi connectivity index (χ2v) is 3.44. The van der Waals surface area contributed by atoms with Crippen LogP contribution in [0.15, 0.2) is 0 Å². The predicted octanol–water partition coefficient (Wildman–Crippen LogP) is 0.0127. The minimum Gasteiger partial charge on any atom is -0.459 e. The van der Waals surface area contributed by atoms with Crippen LogP contribution in [-0.4, -0.2) is 24.4 Å². The molecule has 0 aliphatic heterocycles. The fourth-order valence-electron chi connectivity index (χ4n) is 0.565. The quantitative estimate of drug-likeness (QED) is 0.481. The van der Waals surface area contributed by atoms with Gasteiger partial charge in [-0.25, -0.2) is 0 Å². The third-order valence-electron chi connectivity index (χ3n) is 1.07. The van der Waals surface area contributed by atoms with Crippen molar-refractivity contribution in [1.82, 2.24) is 0 Å². The maximum absolute atomic E-state index is 11.1. The van der Waals surface area contributed by atoms with Crippen LogP contribution in [0.25, 0.3) is 0 Å². The summed E-state index contributed by atoms with van der Waals surface area (Å²) in [4.78, 5) is 21.2. The molecule has 0 saturated carbocycles. The van der Waals surface area contributed by atoms with Gasteiger partial charge in [0.15, 0.2) is 0 Å². The van der Waals surface area contributed by atoms with E-state index in [1.54, 1.807) is 20.8 Å². The zero-order valence-corrected chi connectivity index (χ0v) is 7.59. The van der Waals surface area contributed by atoms with Crippen LogP contribution in [0.3, 0.4) is 0 Å². The lowest BCUT2D eigenvalue weighted by atomic mass is 10.1. The van der Waals surface area contributed by atoms with E-state index < -0.39 is 17.5 Å². The molecule has 0 aliphatic carbocycles. The lowest BCUT2D eigenvalue weighted by molar-refractivity contribution is -0.157. The van der Waals surface area contributed by atoms with Crippen molar-refractivity contribution in [3.8, 4) is 0 Å². The van der Waals surface area contributed by atoms with Gasteiger partial charge in [0.25, 0.3) is 0 Å². The highest BCUT2D eigenvalue weighted by Gasteiger charge is 2.23. The molecule has 0 aromatic rings. The lowest BCUT2D eigenvalue weighted by Crippen LogP contribution is -2.33. The average molecular weight is 172 g/mol. The summed E-state index contributed by atoms with van der Waals surface area (Å²) in [7, 11) is 0. The van der Waals surface area contributed by atoms with Crippen LogP contribution in [0.2, 0.25) is 0 Å². The number of carbonyl (C=O) groups is 1. The van der Waals surface area contributed by atoms with Crippen molar-refractivity contribution in [1.29, 1.82) is 0 Å². The van der Waals surface area contributed by atoms with Gasteiger partial charge in [-0.2, -0.15) is 0 Å². The first-order valence-corrected chi connectivity index (χ1v) is 3.71. The van der Waals surface area contributed by atoms with Crippen molar-refractivity contribution < 1.29 is 14.3 Å². The molecule has 0 heterocycles. The Morgan fingerprint density at radius 1 is 1.58 bits per heavy atom. The van der Waals surface area contributed by atoms with Gasteiger partial charge in [0.2, 0.25) is 6.29 Å². The van der Waals surface area contributed by atoms with Crippen LogP contribution in [0, 0.1) is 5.92 Å². The van der Waals surface area contributed by atoms with Gasteiger partial charge >= 0.3 is 5.97 Å². The minimum atomic E-state index is -0.954. The molecular formula is C8H14NO3. The van der Waals surface area contributed by atoms with Gasteiger partial charge in [-0.05, 0) is 20.8 Å². The molecule has 12 heavy (non-hydrogen) atoms. The highest BCUT2D eigenvalue weighted by molar-refractivity contribution is 5.88. The Morgan fingerprint density at radius 3 is 2.33 bits per heavy atom. The second-order valence-electron chi connectivity index (χ2n) is 3.44. The van der Waals surface area contributed by atoms with Crippen molar-refractivity contribution in [2.24, 2.45) is 11.7 Å². The van der Waals surface area contributed by atoms with E-state index in [9.17, 15) is 9.59 Å². The molecule has 0 aliphatic rings. The normalized spacial score (nSPS) is 13.7. The van der Waals surface area contributed by atoms with Crippen molar-refractivity contribution in [2.75, 3.05) is 6.54 Å². The molecule has 0 aromatic carbocycles. The van der Waals surface area contributed by atoms with Crippen molar-refractivity contribution in [2.45, 2.75) is 26.4 Å². The smallest absolute Gasteiger partial charge is 0.318 e. The van der Waals surface area contributed by atoms with Crippen LogP contribution in [-0.2, 0) is 14.3 Å². The average Bonchev–Trinajstić information content (AvgIpc) is 1.85. The number of nitrogens with two attached hydrogens (primary N) is 1. The highest BCUT2D eigenvalue weighted by atomic mass is 16.6. The molecule has 0 rings (SSSR count). The molecule has 4 nitrogen and oxygen atoms in total. The molecule has 0 amide bonds. The van der Waals surface area contributed by atoms with Gasteiger partial charge in [0.05, 0.1) is 0 Å². The molecule has 0 saturated heterocycles. The molecule has 0 bridgehead atoms. The molecule has 1 radical (unpaired) electrons. The van der Waals surface area contributed by atoms with E-state index in [0.717, 1.165) is 0 Å². The molecular weight excluding hydrogens is 158 g/mol. The Hall–Kier alpha value is -0.900.